The van der Waals surface area contributed by atoms with Crippen molar-refractivity contribution in [1.29, 1.82) is 0 Å². The van der Waals surface area contributed by atoms with Crippen LogP contribution in [0.25, 0.3) is 0 Å². The van der Waals surface area contributed by atoms with Crippen LogP contribution >= 0.6 is 11.6 Å². The Bertz CT molecular complexity index is 538. The van der Waals surface area contributed by atoms with E-state index in [2.05, 4.69) is 11.4 Å². The van der Waals surface area contributed by atoms with Gasteiger partial charge in [-0.3, -0.25) is 0 Å². The smallest absolute Gasteiger partial charge is 0.179 e. The van der Waals surface area contributed by atoms with Gasteiger partial charge < -0.3 is 14.8 Å². The van der Waals surface area contributed by atoms with Crippen LogP contribution in [0.1, 0.15) is 37.7 Å². The molecule has 1 aromatic carbocycles. The molecule has 2 fully saturated rings. The molecule has 0 bridgehead atoms. The highest BCUT2D eigenvalue weighted by atomic mass is 35.5. The quantitative estimate of drug-likeness (QED) is 0.898. The maximum absolute atomic E-state index is 6.33. The van der Waals surface area contributed by atoms with Crippen LogP contribution in [0.4, 0.5) is 0 Å². The summed E-state index contributed by atoms with van der Waals surface area (Å²) in [5.41, 5.74) is 1.81. The van der Waals surface area contributed by atoms with E-state index in [1.54, 1.807) is 0 Å². The Labute approximate surface area is 131 Å². The number of halogens is 1. The second-order valence-electron chi connectivity index (χ2n) is 6.70. The highest BCUT2D eigenvalue weighted by molar-refractivity contribution is 6.32. The fourth-order valence-corrected chi connectivity index (χ4v) is 3.72. The summed E-state index contributed by atoms with van der Waals surface area (Å²) in [7, 11) is 0. The van der Waals surface area contributed by atoms with Crippen LogP contribution in [-0.2, 0) is 6.54 Å². The molecule has 4 rings (SSSR count). The highest BCUT2D eigenvalue weighted by Gasteiger charge is 2.53. The van der Waals surface area contributed by atoms with E-state index < -0.39 is 0 Å². The number of ether oxygens (including phenoxy) is 2. The first-order valence-electron chi connectivity index (χ1n) is 8.06. The molecular formula is C17H22ClNO2. The summed E-state index contributed by atoms with van der Waals surface area (Å²) in [4.78, 5) is 0. The van der Waals surface area contributed by atoms with Crippen molar-refractivity contribution in [2.45, 2.75) is 38.6 Å². The molecule has 3 aliphatic rings. The number of rotatable bonds is 5. The van der Waals surface area contributed by atoms with Gasteiger partial charge in [-0.1, -0.05) is 11.6 Å². The summed E-state index contributed by atoms with van der Waals surface area (Å²) < 4.78 is 11.4. The van der Waals surface area contributed by atoms with E-state index in [4.69, 9.17) is 21.1 Å². The number of fused-ring (bicyclic) bond motifs is 1. The molecule has 0 radical (unpaired) electrons. The minimum Gasteiger partial charge on any atom is -0.489 e. The van der Waals surface area contributed by atoms with Crippen molar-refractivity contribution in [2.24, 2.45) is 11.3 Å². The van der Waals surface area contributed by atoms with E-state index in [1.165, 1.54) is 31.2 Å². The maximum atomic E-state index is 6.33. The van der Waals surface area contributed by atoms with Crippen molar-refractivity contribution < 1.29 is 9.47 Å². The van der Waals surface area contributed by atoms with Gasteiger partial charge in [0.2, 0.25) is 0 Å². The van der Waals surface area contributed by atoms with Crippen molar-refractivity contribution in [3.05, 3.63) is 22.7 Å². The average Bonchev–Trinajstić information content (AvgIpc) is 3.32. The molecule has 2 aliphatic carbocycles. The average molecular weight is 308 g/mol. The Kier molecular flexibility index (Phi) is 3.50. The van der Waals surface area contributed by atoms with Crippen LogP contribution < -0.4 is 14.8 Å². The first kappa shape index (κ1) is 13.7. The Morgan fingerprint density at radius 3 is 2.76 bits per heavy atom. The van der Waals surface area contributed by atoms with Crippen molar-refractivity contribution >= 4 is 11.6 Å². The summed E-state index contributed by atoms with van der Waals surface area (Å²) in [6.07, 6.45) is 6.61. The highest BCUT2D eigenvalue weighted by Crippen LogP contribution is 2.60. The molecular weight excluding hydrogens is 286 g/mol. The topological polar surface area (TPSA) is 30.5 Å². The third kappa shape index (κ3) is 2.86. The summed E-state index contributed by atoms with van der Waals surface area (Å²) in [5, 5.41) is 4.28. The van der Waals surface area contributed by atoms with Gasteiger partial charge in [0.25, 0.3) is 0 Å². The molecule has 0 atom stereocenters. The lowest BCUT2D eigenvalue weighted by Gasteiger charge is -2.16. The molecule has 1 aromatic rings. The maximum Gasteiger partial charge on any atom is 0.179 e. The van der Waals surface area contributed by atoms with Gasteiger partial charge in [-0.2, -0.15) is 0 Å². The molecule has 2 saturated carbocycles. The monoisotopic (exact) mass is 307 g/mol. The van der Waals surface area contributed by atoms with Crippen LogP contribution in [0.3, 0.4) is 0 Å². The van der Waals surface area contributed by atoms with Gasteiger partial charge >= 0.3 is 0 Å². The lowest BCUT2D eigenvalue weighted by molar-refractivity contribution is 0.297. The fourth-order valence-electron chi connectivity index (χ4n) is 3.43. The zero-order chi connectivity index (χ0) is 14.3. The summed E-state index contributed by atoms with van der Waals surface area (Å²) in [6, 6.07) is 4.06. The number of nitrogens with one attached hydrogen (secondary N) is 1. The zero-order valence-electron chi connectivity index (χ0n) is 12.3. The van der Waals surface area contributed by atoms with Crippen LogP contribution in [0, 0.1) is 11.3 Å². The Balaban J connectivity index is 1.41. The second kappa shape index (κ2) is 5.36. The van der Waals surface area contributed by atoms with Crippen LogP contribution in [0.5, 0.6) is 11.5 Å². The first-order valence-corrected chi connectivity index (χ1v) is 8.43. The van der Waals surface area contributed by atoms with Crippen molar-refractivity contribution in [3.8, 4) is 11.5 Å². The van der Waals surface area contributed by atoms with Gasteiger partial charge in [0.15, 0.2) is 11.5 Å². The van der Waals surface area contributed by atoms with Gasteiger partial charge in [0.05, 0.1) is 18.2 Å². The van der Waals surface area contributed by atoms with E-state index >= 15 is 0 Å². The minimum absolute atomic E-state index is 0.634. The zero-order valence-corrected chi connectivity index (χ0v) is 13.0. The van der Waals surface area contributed by atoms with Crippen LogP contribution in [-0.4, -0.2) is 19.8 Å². The van der Waals surface area contributed by atoms with E-state index in [-0.39, 0.29) is 0 Å². The third-order valence-corrected chi connectivity index (χ3v) is 5.28. The van der Waals surface area contributed by atoms with Gasteiger partial charge in [-0.25, -0.2) is 0 Å². The van der Waals surface area contributed by atoms with Gasteiger partial charge in [0, 0.05) is 19.5 Å². The minimum atomic E-state index is 0.634. The Hall–Kier alpha value is -0.930. The molecule has 0 spiro atoms. The molecule has 1 heterocycles. The molecule has 0 unspecified atom stereocenters. The van der Waals surface area contributed by atoms with Gasteiger partial charge in [-0.05, 0) is 54.7 Å². The molecule has 3 nitrogen and oxygen atoms in total. The van der Waals surface area contributed by atoms with E-state index in [0.717, 1.165) is 31.2 Å². The largest absolute Gasteiger partial charge is 0.489 e. The molecule has 0 saturated heterocycles. The molecule has 0 aromatic heterocycles. The van der Waals surface area contributed by atoms with Crippen LogP contribution in [0.2, 0.25) is 5.02 Å². The first-order chi connectivity index (χ1) is 10.3. The van der Waals surface area contributed by atoms with Crippen molar-refractivity contribution in [1.82, 2.24) is 5.32 Å². The predicted molar refractivity (Wildman–Crippen MR) is 83.2 cm³/mol. The lowest BCUT2D eigenvalue weighted by atomic mass is 10.0. The molecule has 4 heteroatoms. The van der Waals surface area contributed by atoms with E-state index in [9.17, 15) is 0 Å². The van der Waals surface area contributed by atoms with E-state index in [0.29, 0.717) is 29.4 Å². The third-order valence-electron chi connectivity index (χ3n) is 5.00. The molecule has 1 aliphatic heterocycles. The Morgan fingerprint density at radius 1 is 1.19 bits per heavy atom. The predicted octanol–water partition coefficient (Wildman–Crippen LogP) is 3.78. The summed E-state index contributed by atoms with van der Waals surface area (Å²) in [6.45, 7) is 3.37. The normalized spacial score (nSPS) is 22.7. The molecule has 114 valence electrons. The number of hydrogen-bond acceptors (Lipinski definition) is 3. The molecule has 21 heavy (non-hydrogen) atoms. The Morgan fingerprint density at radius 2 is 2.00 bits per heavy atom. The number of benzene rings is 1. The molecule has 1 N–H and O–H groups in total. The van der Waals surface area contributed by atoms with Crippen molar-refractivity contribution in [3.63, 3.8) is 0 Å². The SMILES string of the molecule is Clc1cc(CNCC2(C3CC3)CC2)cc2c1OCCCO2. The van der Waals surface area contributed by atoms with Gasteiger partial charge in [0.1, 0.15) is 0 Å². The van der Waals surface area contributed by atoms with Crippen molar-refractivity contribution in [2.75, 3.05) is 19.8 Å². The fraction of sp³-hybridized carbons (Fsp3) is 0.647. The summed E-state index contributed by atoms with van der Waals surface area (Å²) >= 11 is 6.33. The second-order valence-corrected chi connectivity index (χ2v) is 7.10. The molecule has 0 amide bonds. The standard InChI is InChI=1S/C17H22ClNO2/c18-14-8-12(9-15-16(14)21-7-1-6-20-15)10-19-11-17(4-5-17)13-2-3-13/h8-9,13,19H,1-7,10-11H2. The van der Waals surface area contributed by atoms with Crippen LogP contribution in [0.15, 0.2) is 12.1 Å². The lowest BCUT2D eigenvalue weighted by Crippen LogP contribution is -2.25. The van der Waals surface area contributed by atoms with E-state index in [1.807, 2.05) is 6.07 Å². The summed E-state index contributed by atoms with van der Waals surface area (Å²) in [5.74, 6) is 2.49. The van der Waals surface area contributed by atoms with Gasteiger partial charge in [-0.15, -0.1) is 0 Å². The number of hydrogen-bond donors (Lipinski definition) is 1.